The number of amides is 2. The zero-order chi connectivity index (χ0) is 21.8. The Morgan fingerprint density at radius 3 is 2.25 bits per heavy atom. The summed E-state index contributed by atoms with van der Waals surface area (Å²) in [5, 5.41) is 11.1. The predicted molar refractivity (Wildman–Crippen MR) is 127 cm³/mol. The molecule has 0 aliphatic heterocycles. The molecule has 1 aromatic heterocycles. The summed E-state index contributed by atoms with van der Waals surface area (Å²) in [6.45, 7) is 0. The summed E-state index contributed by atoms with van der Waals surface area (Å²) in [4.78, 5) is 13.2. The highest BCUT2D eigenvalue weighted by molar-refractivity contribution is 5.90. The second-order valence-electron chi connectivity index (χ2n) is 8.13. The average molecular weight is 423 g/mol. The minimum Gasteiger partial charge on any atom is -0.331 e. The Morgan fingerprint density at radius 2 is 1.53 bits per heavy atom. The van der Waals surface area contributed by atoms with E-state index < -0.39 is 0 Å². The van der Waals surface area contributed by atoms with E-state index in [1.165, 1.54) is 5.56 Å². The normalized spacial score (nSPS) is 13.4. The Labute approximate surface area is 188 Å². The molecule has 4 aromatic rings. The first-order chi connectivity index (χ1) is 15.8. The Bertz CT molecular complexity index is 1190. The molecule has 1 unspecified atom stereocenters. The molecule has 0 radical (unpaired) electrons. The zero-order valence-electron chi connectivity index (χ0n) is 17.9. The number of anilines is 1. The van der Waals surface area contributed by atoms with Crippen molar-refractivity contribution in [2.24, 2.45) is 0 Å². The van der Waals surface area contributed by atoms with Gasteiger partial charge in [0, 0.05) is 5.56 Å². The van der Waals surface area contributed by atoms with Crippen molar-refractivity contribution in [1.29, 1.82) is 0 Å². The lowest BCUT2D eigenvalue weighted by Gasteiger charge is -2.20. The Balaban J connectivity index is 1.40. The van der Waals surface area contributed by atoms with E-state index in [2.05, 4.69) is 34.9 Å². The van der Waals surface area contributed by atoms with Gasteiger partial charge >= 0.3 is 6.03 Å². The van der Waals surface area contributed by atoms with E-state index in [9.17, 15) is 4.79 Å². The Morgan fingerprint density at radius 1 is 0.875 bits per heavy atom. The molecule has 0 bridgehead atoms. The van der Waals surface area contributed by atoms with Crippen LogP contribution in [0.25, 0.3) is 5.69 Å². The van der Waals surface area contributed by atoms with Crippen molar-refractivity contribution < 1.29 is 4.79 Å². The van der Waals surface area contributed by atoms with Gasteiger partial charge in [0.2, 0.25) is 0 Å². The monoisotopic (exact) mass is 422 g/mol. The van der Waals surface area contributed by atoms with E-state index in [1.54, 1.807) is 0 Å². The highest BCUT2D eigenvalue weighted by Gasteiger charge is 2.25. The molecular weight excluding hydrogens is 396 g/mol. The van der Waals surface area contributed by atoms with Crippen LogP contribution < -0.4 is 10.6 Å². The number of carbonyl (C=O) groups is 1. The van der Waals surface area contributed by atoms with E-state index in [0.29, 0.717) is 6.42 Å². The van der Waals surface area contributed by atoms with Crippen molar-refractivity contribution in [3.05, 3.63) is 113 Å². The van der Waals surface area contributed by atoms with Crippen molar-refractivity contribution in [2.75, 3.05) is 5.32 Å². The largest absolute Gasteiger partial charge is 0.331 e. The molecule has 5 rings (SSSR count). The molecule has 5 nitrogen and oxygen atoms in total. The van der Waals surface area contributed by atoms with Gasteiger partial charge < -0.3 is 5.32 Å². The molecule has 3 aromatic carbocycles. The van der Waals surface area contributed by atoms with Crippen LogP contribution in [-0.4, -0.2) is 15.8 Å². The maximum Gasteiger partial charge on any atom is 0.320 e. The first-order valence-electron chi connectivity index (χ1n) is 11.1. The van der Waals surface area contributed by atoms with E-state index in [-0.39, 0.29) is 12.1 Å². The fraction of sp³-hybridized carbons (Fsp3) is 0.185. The number of aromatic nitrogens is 2. The SMILES string of the molecule is O=C(Nc1c2c(nn1-c1ccccc1)CCC2)NC(Cc1ccccc1)c1ccccc1. The molecule has 32 heavy (non-hydrogen) atoms. The van der Waals surface area contributed by atoms with Crippen LogP contribution in [0.1, 0.15) is 34.8 Å². The minimum atomic E-state index is -0.221. The highest BCUT2D eigenvalue weighted by Crippen LogP contribution is 2.31. The molecular formula is C27H26N4O. The van der Waals surface area contributed by atoms with Gasteiger partial charge in [0.15, 0.2) is 0 Å². The molecule has 1 aliphatic rings. The number of hydrogen-bond acceptors (Lipinski definition) is 2. The number of aryl methyl sites for hydroxylation is 1. The second-order valence-corrected chi connectivity index (χ2v) is 8.13. The summed E-state index contributed by atoms with van der Waals surface area (Å²) in [7, 11) is 0. The molecule has 0 fully saturated rings. The lowest BCUT2D eigenvalue weighted by Crippen LogP contribution is -2.34. The fourth-order valence-corrected chi connectivity index (χ4v) is 4.37. The van der Waals surface area contributed by atoms with E-state index in [0.717, 1.165) is 47.6 Å². The number of fused-ring (bicyclic) bond motifs is 1. The molecule has 2 amide bonds. The van der Waals surface area contributed by atoms with Gasteiger partial charge in [-0.25, -0.2) is 9.48 Å². The number of nitrogens with zero attached hydrogens (tertiary/aromatic N) is 2. The molecule has 0 saturated heterocycles. The number of para-hydroxylation sites is 1. The van der Waals surface area contributed by atoms with E-state index >= 15 is 0 Å². The number of nitrogens with one attached hydrogen (secondary N) is 2. The second kappa shape index (κ2) is 9.10. The van der Waals surface area contributed by atoms with Crippen molar-refractivity contribution in [3.8, 4) is 5.69 Å². The number of carbonyl (C=O) groups excluding carboxylic acids is 1. The lowest BCUT2D eigenvalue weighted by molar-refractivity contribution is 0.248. The summed E-state index contributed by atoms with van der Waals surface area (Å²) >= 11 is 0. The van der Waals surface area contributed by atoms with Crippen LogP contribution in [0.3, 0.4) is 0 Å². The van der Waals surface area contributed by atoms with Crippen LogP contribution in [0.2, 0.25) is 0 Å². The fourth-order valence-electron chi connectivity index (χ4n) is 4.37. The maximum absolute atomic E-state index is 13.2. The summed E-state index contributed by atoms with van der Waals surface area (Å²) in [5.41, 5.74) is 5.42. The Kier molecular flexibility index (Phi) is 5.71. The molecule has 1 aliphatic carbocycles. The third-order valence-electron chi connectivity index (χ3n) is 5.93. The summed E-state index contributed by atoms with van der Waals surface area (Å²) in [6, 6.07) is 30.0. The maximum atomic E-state index is 13.2. The number of benzene rings is 3. The number of rotatable bonds is 6. The van der Waals surface area contributed by atoms with Crippen LogP contribution in [0.4, 0.5) is 10.6 Å². The van der Waals surface area contributed by atoms with Gasteiger partial charge in [-0.05, 0) is 48.9 Å². The van der Waals surface area contributed by atoms with Gasteiger partial charge in [-0.1, -0.05) is 78.9 Å². The van der Waals surface area contributed by atoms with Gasteiger partial charge in [0.25, 0.3) is 0 Å². The third-order valence-corrected chi connectivity index (χ3v) is 5.93. The van der Waals surface area contributed by atoms with Gasteiger partial charge in [0.1, 0.15) is 5.82 Å². The average Bonchev–Trinajstić information content (AvgIpc) is 3.43. The molecule has 1 atom stereocenters. The lowest BCUT2D eigenvalue weighted by atomic mass is 9.99. The standard InChI is InChI=1S/C27H26N4O/c32-27(28-25(21-13-6-2-7-14-21)19-20-11-4-1-5-12-20)29-26-23-17-10-18-24(23)30-31(26)22-15-8-3-9-16-22/h1-9,11-16,25H,10,17-19H2,(H2,28,29,32). The predicted octanol–water partition coefficient (Wildman–Crippen LogP) is 5.47. The van der Waals surface area contributed by atoms with Crippen molar-refractivity contribution in [3.63, 3.8) is 0 Å². The van der Waals surface area contributed by atoms with E-state index in [1.807, 2.05) is 71.4 Å². The van der Waals surface area contributed by atoms with Crippen LogP contribution in [0.15, 0.2) is 91.0 Å². The Hall–Kier alpha value is -3.86. The minimum absolute atomic E-state index is 0.139. The smallest absolute Gasteiger partial charge is 0.320 e. The van der Waals surface area contributed by atoms with Gasteiger partial charge in [0.05, 0.1) is 17.4 Å². The first-order valence-corrected chi connectivity index (χ1v) is 11.1. The highest BCUT2D eigenvalue weighted by atomic mass is 16.2. The summed E-state index contributed by atoms with van der Waals surface area (Å²) in [5.74, 6) is 0.771. The van der Waals surface area contributed by atoms with Gasteiger partial charge in [-0.15, -0.1) is 0 Å². The zero-order valence-corrected chi connectivity index (χ0v) is 17.9. The van der Waals surface area contributed by atoms with Crippen molar-refractivity contribution >= 4 is 11.8 Å². The van der Waals surface area contributed by atoms with Crippen molar-refractivity contribution in [1.82, 2.24) is 15.1 Å². The first kappa shape index (κ1) is 20.1. The molecule has 0 spiro atoms. The third kappa shape index (κ3) is 4.28. The molecule has 0 saturated carbocycles. The molecule has 2 N–H and O–H groups in total. The van der Waals surface area contributed by atoms with Gasteiger partial charge in [-0.3, -0.25) is 5.32 Å². The van der Waals surface area contributed by atoms with Crippen molar-refractivity contribution in [2.45, 2.75) is 31.7 Å². The summed E-state index contributed by atoms with van der Waals surface area (Å²) < 4.78 is 1.86. The van der Waals surface area contributed by atoms with Crippen LogP contribution in [0, 0.1) is 0 Å². The van der Waals surface area contributed by atoms with Crippen LogP contribution in [-0.2, 0) is 19.3 Å². The number of hydrogen-bond donors (Lipinski definition) is 2. The van der Waals surface area contributed by atoms with Crippen LogP contribution >= 0.6 is 0 Å². The topological polar surface area (TPSA) is 59.0 Å². The van der Waals surface area contributed by atoms with E-state index in [4.69, 9.17) is 5.10 Å². The molecule has 160 valence electrons. The van der Waals surface area contributed by atoms with Gasteiger partial charge in [-0.2, -0.15) is 5.10 Å². The van der Waals surface area contributed by atoms with Crippen LogP contribution in [0.5, 0.6) is 0 Å². The molecule has 1 heterocycles. The summed E-state index contributed by atoms with van der Waals surface area (Å²) in [6.07, 6.45) is 3.68. The number of urea groups is 1. The molecule has 5 heteroatoms. The quantitative estimate of drug-likeness (QED) is 0.433.